The number of rotatable bonds is 2. The van der Waals surface area contributed by atoms with Crippen molar-refractivity contribution in [1.82, 2.24) is 0 Å². The van der Waals surface area contributed by atoms with Crippen LogP contribution in [0.25, 0.3) is 0 Å². The molecular formula is C15H11Cl3N2O. The third kappa shape index (κ3) is 2.69. The van der Waals surface area contributed by atoms with Crippen LogP contribution in [-0.4, -0.2) is 21.5 Å². The molecule has 0 fully saturated rings. The minimum absolute atomic E-state index is 0.503. The van der Waals surface area contributed by atoms with E-state index in [0.717, 1.165) is 21.6 Å². The van der Waals surface area contributed by atoms with Gasteiger partial charge in [-0.05, 0) is 30.3 Å². The second kappa shape index (κ2) is 5.76. The van der Waals surface area contributed by atoms with Gasteiger partial charge in [0.2, 0.25) is 5.71 Å². The third-order valence-corrected chi connectivity index (χ3v) is 4.01. The van der Waals surface area contributed by atoms with E-state index in [2.05, 4.69) is 5.32 Å². The van der Waals surface area contributed by atoms with Crippen molar-refractivity contribution in [2.75, 3.05) is 5.32 Å². The van der Waals surface area contributed by atoms with Crippen molar-refractivity contribution < 1.29 is 4.74 Å². The molecule has 108 valence electrons. The van der Waals surface area contributed by atoms with Crippen molar-refractivity contribution >= 4 is 46.2 Å². The Kier molecular flexibility index (Phi) is 3.98. The molecule has 0 bridgehead atoms. The Labute approximate surface area is 137 Å². The number of hydrogen-bond acceptors (Lipinski definition) is 2. The van der Waals surface area contributed by atoms with Crippen LogP contribution in [0.15, 0.2) is 48.5 Å². The maximum absolute atomic E-state index is 12.6. The second-order valence-corrected chi connectivity index (χ2v) is 6.25. The first kappa shape index (κ1) is 14.5. The van der Waals surface area contributed by atoms with E-state index in [0.29, 0.717) is 10.7 Å². The first-order valence-electron chi connectivity index (χ1n) is 6.31. The first-order valence-corrected chi connectivity index (χ1v) is 7.56. The minimum Gasteiger partial charge on any atom is -0.622 e. The van der Waals surface area contributed by atoms with Gasteiger partial charge in [-0.2, -0.15) is 4.74 Å². The molecule has 0 saturated carbocycles. The van der Waals surface area contributed by atoms with Gasteiger partial charge in [0, 0.05) is 10.6 Å². The van der Waals surface area contributed by atoms with Gasteiger partial charge in [-0.1, -0.05) is 53.0 Å². The summed E-state index contributed by atoms with van der Waals surface area (Å²) >= 11 is 17.9. The Hall–Kier alpha value is -1.42. The summed E-state index contributed by atoms with van der Waals surface area (Å²) in [5, 5.41) is 16.2. The summed E-state index contributed by atoms with van der Waals surface area (Å²) in [6, 6.07) is 14.7. The molecule has 21 heavy (non-hydrogen) atoms. The van der Waals surface area contributed by atoms with Crippen molar-refractivity contribution in [3.05, 3.63) is 69.9 Å². The molecule has 1 heterocycles. The van der Waals surface area contributed by atoms with Gasteiger partial charge in [0.1, 0.15) is 0 Å². The van der Waals surface area contributed by atoms with Crippen LogP contribution in [0.2, 0.25) is 5.02 Å². The van der Waals surface area contributed by atoms with Gasteiger partial charge in [0.05, 0.1) is 11.3 Å². The molecule has 1 aliphatic rings. The summed E-state index contributed by atoms with van der Waals surface area (Å²) in [7, 11) is 0. The number of fused-ring (bicyclic) bond motifs is 1. The molecule has 0 aliphatic carbocycles. The maximum Gasteiger partial charge on any atom is 0.267 e. The zero-order chi connectivity index (χ0) is 15.0. The molecule has 0 radical (unpaired) electrons. The van der Waals surface area contributed by atoms with Crippen LogP contribution < -0.4 is 5.32 Å². The zero-order valence-corrected chi connectivity index (χ0v) is 13.0. The van der Waals surface area contributed by atoms with Crippen LogP contribution in [0, 0.1) is 5.21 Å². The van der Waals surface area contributed by atoms with Gasteiger partial charge in [-0.3, -0.25) is 0 Å². The molecule has 3 rings (SSSR count). The highest BCUT2D eigenvalue weighted by atomic mass is 35.5. The Morgan fingerprint density at radius 2 is 1.81 bits per heavy atom. The highest BCUT2D eigenvalue weighted by Crippen LogP contribution is 2.30. The van der Waals surface area contributed by atoms with Gasteiger partial charge < -0.3 is 10.5 Å². The van der Waals surface area contributed by atoms with E-state index in [1.165, 1.54) is 0 Å². The lowest BCUT2D eigenvalue weighted by molar-refractivity contribution is -0.490. The Morgan fingerprint density at radius 3 is 2.48 bits per heavy atom. The summed E-state index contributed by atoms with van der Waals surface area (Å²) in [5.41, 5.74) is 2.80. The molecule has 0 aromatic heterocycles. The lowest BCUT2D eigenvalue weighted by atomic mass is 9.98. The van der Waals surface area contributed by atoms with E-state index >= 15 is 0 Å². The molecular weight excluding hydrogens is 331 g/mol. The third-order valence-electron chi connectivity index (χ3n) is 3.30. The summed E-state index contributed by atoms with van der Waals surface area (Å²) < 4.78 is 0.804. The van der Waals surface area contributed by atoms with Gasteiger partial charge in [0.15, 0.2) is 4.84 Å². The number of halogens is 3. The Bertz CT molecular complexity index is 701. The molecule has 1 atom stereocenters. The number of nitrogens with one attached hydrogen (secondary N) is 1. The average molecular weight is 342 g/mol. The van der Waals surface area contributed by atoms with Crippen molar-refractivity contribution in [3.63, 3.8) is 0 Å². The monoisotopic (exact) mass is 340 g/mol. The normalized spacial score (nSPS) is 17.6. The Balaban J connectivity index is 2.24. The highest BCUT2D eigenvalue weighted by Gasteiger charge is 2.35. The summed E-state index contributed by atoms with van der Waals surface area (Å²) in [4.78, 5) is -0.870. The molecule has 2 aromatic rings. The topological polar surface area (TPSA) is 38.1 Å². The number of benzene rings is 2. The van der Waals surface area contributed by atoms with Crippen LogP contribution in [0.5, 0.6) is 0 Å². The molecule has 3 nitrogen and oxygen atoms in total. The van der Waals surface area contributed by atoms with Crippen LogP contribution >= 0.6 is 34.8 Å². The molecule has 0 amide bonds. The lowest BCUT2D eigenvalue weighted by Gasteiger charge is -2.28. The second-order valence-electron chi connectivity index (χ2n) is 4.65. The van der Waals surface area contributed by atoms with E-state index < -0.39 is 11.0 Å². The SMILES string of the molecule is [O-][N+]1=C(c2ccccc2)c2cc(Cl)ccc2NC1C(Cl)Cl. The van der Waals surface area contributed by atoms with Crippen molar-refractivity contribution in [3.8, 4) is 0 Å². The molecule has 1 N–H and O–H groups in total. The first-order chi connectivity index (χ1) is 10.1. The van der Waals surface area contributed by atoms with Crippen molar-refractivity contribution in [1.29, 1.82) is 0 Å². The summed E-state index contributed by atoms with van der Waals surface area (Å²) in [5.74, 6) is 0. The summed E-state index contributed by atoms with van der Waals surface area (Å²) in [6.45, 7) is 0. The number of alkyl halides is 2. The molecule has 0 spiro atoms. The smallest absolute Gasteiger partial charge is 0.267 e. The van der Waals surface area contributed by atoms with Crippen LogP contribution in [0.3, 0.4) is 0 Å². The fourth-order valence-corrected chi connectivity index (χ4v) is 2.86. The zero-order valence-electron chi connectivity index (χ0n) is 10.8. The average Bonchev–Trinajstić information content (AvgIpc) is 2.47. The number of hydrogen-bond donors (Lipinski definition) is 1. The lowest BCUT2D eigenvalue weighted by Crippen LogP contribution is -2.43. The van der Waals surface area contributed by atoms with E-state index in [9.17, 15) is 5.21 Å². The van der Waals surface area contributed by atoms with Gasteiger partial charge in [0.25, 0.3) is 6.17 Å². The fraction of sp³-hybridized carbons (Fsp3) is 0.133. The van der Waals surface area contributed by atoms with Gasteiger partial charge in [-0.15, -0.1) is 0 Å². The highest BCUT2D eigenvalue weighted by molar-refractivity contribution is 6.44. The number of nitrogens with zero attached hydrogens (tertiary/aromatic N) is 1. The van der Waals surface area contributed by atoms with Crippen LogP contribution in [0.4, 0.5) is 5.69 Å². The number of anilines is 1. The quantitative estimate of drug-likeness (QED) is 0.504. The van der Waals surface area contributed by atoms with Crippen molar-refractivity contribution in [2.45, 2.75) is 11.0 Å². The Morgan fingerprint density at radius 1 is 1.10 bits per heavy atom. The van der Waals surface area contributed by atoms with Gasteiger partial charge in [-0.25, -0.2) is 0 Å². The van der Waals surface area contributed by atoms with E-state index in [4.69, 9.17) is 34.8 Å². The molecule has 1 unspecified atom stereocenters. The fourth-order valence-electron chi connectivity index (χ4n) is 2.36. The van der Waals surface area contributed by atoms with E-state index in [-0.39, 0.29) is 0 Å². The minimum atomic E-state index is -0.870. The standard InChI is InChI=1S/C15H11Cl3N2O/c16-10-6-7-12-11(8-10)13(9-4-2-1-3-5-9)20(21)15(19-12)14(17)18/h1-8,14-15,19H. The van der Waals surface area contributed by atoms with Crippen molar-refractivity contribution in [2.24, 2.45) is 0 Å². The number of hydroxylamine groups is 1. The maximum atomic E-state index is 12.6. The van der Waals surface area contributed by atoms with E-state index in [1.807, 2.05) is 36.4 Å². The molecule has 2 aromatic carbocycles. The van der Waals surface area contributed by atoms with Crippen LogP contribution in [0.1, 0.15) is 11.1 Å². The van der Waals surface area contributed by atoms with Gasteiger partial charge >= 0.3 is 0 Å². The molecule has 6 heteroatoms. The largest absolute Gasteiger partial charge is 0.622 e. The predicted molar refractivity (Wildman–Crippen MR) is 87.6 cm³/mol. The van der Waals surface area contributed by atoms with Crippen LogP contribution in [-0.2, 0) is 0 Å². The predicted octanol–water partition coefficient (Wildman–Crippen LogP) is 4.24. The summed E-state index contributed by atoms with van der Waals surface area (Å²) in [6.07, 6.45) is -0.753. The molecule has 1 aliphatic heterocycles. The molecule has 0 saturated heterocycles. The van der Waals surface area contributed by atoms with E-state index in [1.54, 1.807) is 12.1 Å².